The lowest BCUT2D eigenvalue weighted by Crippen LogP contribution is -2.48. The minimum absolute atomic E-state index is 0.155. The van der Waals surface area contributed by atoms with Gasteiger partial charge in [0, 0.05) is 49.1 Å². The molecule has 0 bridgehead atoms. The van der Waals surface area contributed by atoms with Gasteiger partial charge in [0.2, 0.25) is 10.0 Å². The van der Waals surface area contributed by atoms with Gasteiger partial charge in [0.15, 0.2) is 11.5 Å². The first-order chi connectivity index (χ1) is 18.0. The molecule has 1 saturated heterocycles. The van der Waals surface area contributed by atoms with Crippen LogP contribution in [0.15, 0.2) is 108 Å². The van der Waals surface area contributed by atoms with E-state index in [0.29, 0.717) is 37.7 Å². The Hall–Kier alpha value is -3.88. The fourth-order valence-corrected chi connectivity index (χ4v) is 6.29. The second-order valence-corrected chi connectivity index (χ2v) is 11.0. The van der Waals surface area contributed by atoms with Crippen molar-refractivity contribution in [3.05, 3.63) is 120 Å². The largest absolute Gasteiger partial charge is 0.440 e. The summed E-state index contributed by atoms with van der Waals surface area (Å²) in [5.41, 5.74) is 2.48. The number of halogens is 1. The molecule has 8 heteroatoms. The molecule has 2 heterocycles. The fraction of sp³-hybridized carbons (Fsp3) is 0.172. The van der Waals surface area contributed by atoms with Crippen LogP contribution in [0.2, 0.25) is 0 Å². The molecule has 0 amide bonds. The highest BCUT2D eigenvalue weighted by Gasteiger charge is 2.46. The summed E-state index contributed by atoms with van der Waals surface area (Å²) < 4.78 is 54.6. The van der Waals surface area contributed by atoms with Crippen molar-refractivity contribution in [1.82, 2.24) is 4.31 Å². The van der Waals surface area contributed by atoms with Crippen LogP contribution >= 0.6 is 0 Å². The van der Waals surface area contributed by atoms with Crippen LogP contribution in [0.25, 0.3) is 0 Å². The monoisotopic (exact) mass is 516 g/mol. The van der Waals surface area contributed by atoms with Crippen molar-refractivity contribution >= 4 is 15.7 Å². The number of fused-ring (bicyclic) bond motifs is 1. The number of anilines is 1. The molecule has 0 radical (unpaired) electrons. The minimum atomic E-state index is -3.75. The third-order valence-electron chi connectivity index (χ3n) is 6.80. The number of ether oxygens (including phenoxy) is 2. The molecule has 0 saturated carbocycles. The number of hydrogen-bond acceptors (Lipinski definition) is 5. The smallest absolute Gasteiger partial charge is 0.305 e. The maximum atomic E-state index is 13.5. The average Bonchev–Trinajstić information content (AvgIpc) is 3.35. The van der Waals surface area contributed by atoms with E-state index in [2.05, 4.69) is 4.90 Å². The Kier molecular flexibility index (Phi) is 5.85. The molecule has 0 aromatic heterocycles. The summed E-state index contributed by atoms with van der Waals surface area (Å²) in [6.45, 7) is 1.68. The van der Waals surface area contributed by atoms with E-state index in [9.17, 15) is 12.8 Å². The zero-order chi connectivity index (χ0) is 25.5. The summed E-state index contributed by atoms with van der Waals surface area (Å²) in [6.07, 6.45) is 0. The van der Waals surface area contributed by atoms with Crippen molar-refractivity contribution in [3.63, 3.8) is 0 Å². The zero-order valence-corrected chi connectivity index (χ0v) is 20.8. The molecule has 6 rings (SSSR count). The second kappa shape index (κ2) is 9.21. The molecule has 2 aliphatic heterocycles. The van der Waals surface area contributed by atoms with Gasteiger partial charge in [-0.25, -0.2) is 12.8 Å². The highest BCUT2D eigenvalue weighted by atomic mass is 32.2. The van der Waals surface area contributed by atoms with Gasteiger partial charge in [0.1, 0.15) is 5.82 Å². The van der Waals surface area contributed by atoms with Crippen LogP contribution in [0.3, 0.4) is 0 Å². The van der Waals surface area contributed by atoms with E-state index in [0.717, 1.165) is 16.8 Å². The quantitative estimate of drug-likeness (QED) is 0.373. The standard InChI is InChI=1S/C29H25FN2O4S/c30-24-11-13-25(14-12-24)31-17-19-32(20-18-31)37(33,34)26-15-16-27-28(21-26)36-29(35-27,22-7-3-1-4-8-22)23-9-5-2-6-10-23/h1-16,21H,17-20H2. The van der Waals surface area contributed by atoms with Crippen LogP contribution in [0, 0.1) is 5.82 Å². The Morgan fingerprint density at radius 2 is 1.24 bits per heavy atom. The van der Waals surface area contributed by atoms with Gasteiger partial charge in [-0.3, -0.25) is 0 Å². The average molecular weight is 517 g/mol. The molecule has 0 spiro atoms. The number of hydrogen-bond donors (Lipinski definition) is 0. The van der Waals surface area contributed by atoms with Crippen LogP contribution in [0.1, 0.15) is 11.1 Å². The Bertz CT molecular complexity index is 1470. The minimum Gasteiger partial charge on any atom is -0.440 e. The molecule has 1 fully saturated rings. The Morgan fingerprint density at radius 3 is 1.84 bits per heavy atom. The first kappa shape index (κ1) is 23.5. The van der Waals surface area contributed by atoms with Gasteiger partial charge < -0.3 is 14.4 Å². The van der Waals surface area contributed by atoms with Gasteiger partial charge in [-0.1, -0.05) is 60.7 Å². The number of benzene rings is 4. The number of piperazine rings is 1. The zero-order valence-electron chi connectivity index (χ0n) is 20.0. The third-order valence-corrected chi connectivity index (χ3v) is 8.69. The van der Waals surface area contributed by atoms with Gasteiger partial charge >= 0.3 is 5.79 Å². The lowest BCUT2D eigenvalue weighted by atomic mass is 9.97. The van der Waals surface area contributed by atoms with Crippen LogP contribution in [0.5, 0.6) is 11.5 Å². The molecule has 0 aliphatic carbocycles. The van der Waals surface area contributed by atoms with E-state index in [4.69, 9.17) is 9.47 Å². The predicted octanol–water partition coefficient (Wildman–Crippen LogP) is 5.01. The van der Waals surface area contributed by atoms with Crippen molar-refractivity contribution in [1.29, 1.82) is 0 Å². The highest BCUT2D eigenvalue weighted by molar-refractivity contribution is 7.89. The molecule has 0 atom stereocenters. The van der Waals surface area contributed by atoms with E-state index in [-0.39, 0.29) is 10.7 Å². The molecule has 6 nitrogen and oxygen atoms in total. The summed E-state index contributed by atoms with van der Waals surface area (Å²) >= 11 is 0. The van der Waals surface area contributed by atoms with Crippen molar-refractivity contribution in [2.24, 2.45) is 0 Å². The first-order valence-electron chi connectivity index (χ1n) is 12.1. The lowest BCUT2D eigenvalue weighted by Gasteiger charge is -2.35. The Balaban J connectivity index is 1.26. The van der Waals surface area contributed by atoms with E-state index >= 15 is 0 Å². The van der Waals surface area contributed by atoms with Gasteiger partial charge in [0.25, 0.3) is 0 Å². The molecular formula is C29H25FN2O4S. The first-order valence-corrected chi connectivity index (χ1v) is 13.5. The summed E-state index contributed by atoms with van der Waals surface area (Å²) in [5, 5.41) is 0. The van der Waals surface area contributed by atoms with Crippen molar-refractivity contribution < 1.29 is 22.3 Å². The summed E-state index contributed by atoms with van der Waals surface area (Å²) in [4.78, 5) is 2.21. The lowest BCUT2D eigenvalue weighted by molar-refractivity contribution is -0.0459. The van der Waals surface area contributed by atoms with Gasteiger partial charge in [-0.15, -0.1) is 0 Å². The molecule has 4 aromatic rings. The van der Waals surface area contributed by atoms with Gasteiger partial charge in [0.05, 0.1) is 4.90 Å². The van der Waals surface area contributed by atoms with Gasteiger partial charge in [-0.05, 0) is 36.4 Å². The summed E-state index contributed by atoms with van der Waals surface area (Å²) in [7, 11) is -3.75. The van der Waals surface area contributed by atoms with Crippen molar-refractivity contribution in [3.8, 4) is 11.5 Å². The van der Waals surface area contributed by atoms with Crippen LogP contribution < -0.4 is 14.4 Å². The number of rotatable bonds is 5. The highest BCUT2D eigenvalue weighted by Crippen LogP contribution is 2.48. The normalized spacial score (nSPS) is 17.1. The maximum Gasteiger partial charge on any atom is 0.305 e. The van der Waals surface area contributed by atoms with Crippen LogP contribution in [-0.2, 0) is 15.8 Å². The maximum absolute atomic E-state index is 13.5. The van der Waals surface area contributed by atoms with E-state index in [1.807, 2.05) is 60.7 Å². The fourth-order valence-electron chi connectivity index (χ4n) is 4.85. The molecule has 4 aromatic carbocycles. The predicted molar refractivity (Wildman–Crippen MR) is 139 cm³/mol. The molecule has 2 aliphatic rings. The summed E-state index contributed by atoms with van der Waals surface area (Å²) in [6, 6.07) is 30.2. The Morgan fingerprint density at radius 1 is 0.676 bits per heavy atom. The molecular weight excluding hydrogens is 491 g/mol. The summed E-state index contributed by atoms with van der Waals surface area (Å²) in [5.74, 6) is -0.656. The van der Waals surface area contributed by atoms with Crippen molar-refractivity contribution in [2.45, 2.75) is 10.7 Å². The van der Waals surface area contributed by atoms with Crippen molar-refractivity contribution in [2.75, 3.05) is 31.1 Å². The number of sulfonamides is 1. The van der Waals surface area contributed by atoms with Crippen LogP contribution in [0.4, 0.5) is 10.1 Å². The SMILES string of the molecule is O=S(=O)(c1ccc2c(c1)OC(c1ccccc1)(c1ccccc1)O2)N1CCN(c2ccc(F)cc2)CC1. The third kappa shape index (κ3) is 4.22. The topological polar surface area (TPSA) is 59.1 Å². The van der Waals surface area contributed by atoms with E-state index < -0.39 is 15.8 Å². The van der Waals surface area contributed by atoms with Crippen LogP contribution in [-0.4, -0.2) is 38.9 Å². The van der Waals surface area contributed by atoms with E-state index in [1.165, 1.54) is 16.4 Å². The Labute approximate surface area is 215 Å². The molecule has 0 N–H and O–H groups in total. The van der Waals surface area contributed by atoms with Gasteiger partial charge in [-0.2, -0.15) is 4.31 Å². The molecule has 0 unspecified atom stereocenters. The second-order valence-electron chi connectivity index (χ2n) is 9.03. The van der Waals surface area contributed by atoms with E-state index in [1.54, 1.807) is 30.3 Å². The molecule has 188 valence electrons. The number of nitrogens with zero attached hydrogens (tertiary/aromatic N) is 2. The molecule has 37 heavy (non-hydrogen) atoms.